The van der Waals surface area contributed by atoms with Crippen molar-refractivity contribution in [1.82, 2.24) is 4.90 Å². The predicted molar refractivity (Wildman–Crippen MR) is 134 cm³/mol. The molecule has 1 saturated heterocycles. The number of hydrogen-bond acceptors (Lipinski definition) is 5. The number of imide groups is 1. The van der Waals surface area contributed by atoms with E-state index in [0.29, 0.717) is 29.1 Å². The molecule has 5 rings (SSSR count). The third-order valence-electron chi connectivity index (χ3n) is 6.28. The summed E-state index contributed by atoms with van der Waals surface area (Å²) in [7, 11) is 0. The van der Waals surface area contributed by atoms with E-state index in [1.54, 1.807) is 36.4 Å². The van der Waals surface area contributed by atoms with Gasteiger partial charge in [-0.2, -0.15) is 0 Å². The van der Waals surface area contributed by atoms with Gasteiger partial charge in [-0.25, -0.2) is 0 Å². The van der Waals surface area contributed by atoms with Crippen LogP contribution in [0.2, 0.25) is 0 Å². The molecule has 0 radical (unpaired) electrons. The monoisotopic (exact) mass is 483 g/mol. The largest absolute Gasteiger partial charge is 0.376 e. The summed E-state index contributed by atoms with van der Waals surface area (Å²) in [5, 5.41) is 5.59. The van der Waals surface area contributed by atoms with Gasteiger partial charge in [-0.3, -0.25) is 24.1 Å². The molecule has 2 heterocycles. The van der Waals surface area contributed by atoms with E-state index >= 15 is 0 Å². The van der Waals surface area contributed by atoms with Gasteiger partial charge in [-0.15, -0.1) is 0 Å². The van der Waals surface area contributed by atoms with Crippen LogP contribution in [0, 0.1) is 0 Å². The molecule has 3 aromatic rings. The number of hydrogen-bond donors (Lipinski definition) is 2. The number of ether oxygens (including phenoxy) is 1. The molecule has 182 valence electrons. The molecule has 4 amide bonds. The normalized spacial score (nSPS) is 16.7. The van der Waals surface area contributed by atoms with Gasteiger partial charge < -0.3 is 15.4 Å². The first-order chi connectivity index (χ1) is 17.5. The highest BCUT2D eigenvalue weighted by atomic mass is 16.5. The molecular weight excluding hydrogens is 458 g/mol. The Morgan fingerprint density at radius 2 is 1.58 bits per heavy atom. The highest BCUT2D eigenvalue weighted by Gasteiger charge is 2.37. The van der Waals surface area contributed by atoms with Crippen LogP contribution in [0.15, 0.2) is 72.8 Å². The lowest BCUT2D eigenvalue weighted by Crippen LogP contribution is -2.36. The minimum atomic E-state index is -0.378. The maximum Gasteiger partial charge on any atom is 0.261 e. The summed E-state index contributed by atoms with van der Waals surface area (Å²) in [5.41, 5.74) is 2.90. The zero-order valence-corrected chi connectivity index (χ0v) is 19.5. The van der Waals surface area contributed by atoms with Crippen molar-refractivity contribution in [2.24, 2.45) is 0 Å². The Balaban J connectivity index is 1.20. The molecule has 0 spiro atoms. The first-order valence-corrected chi connectivity index (χ1v) is 11.8. The fourth-order valence-electron chi connectivity index (χ4n) is 4.42. The summed E-state index contributed by atoms with van der Waals surface area (Å²) < 4.78 is 5.57. The fourth-order valence-corrected chi connectivity index (χ4v) is 4.42. The van der Waals surface area contributed by atoms with Gasteiger partial charge in [-0.05, 0) is 60.9 Å². The molecule has 0 aliphatic carbocycles. The van der Waals surface area contributed by atoms with Crippen LogP contribution in [0.5, 0.6) is 0 Å². The number of nitrogens with zero attached hydrogens (tertiary/aromatic N) is 1. The van der Waals surface area contributed by atoms with Crippen molar-refractivity contribution in [3.8, 4) is 0 Å². The van der Waals surface area contributed by atoms with E-state index in [9.17, 15) is 19.2 Å². The Labute approximate surface area is 208 Å². The van der Waals surface area contributed by atoms with Gasteiger partial charge in [0.1, 0.15) is 0 Å². The van der Waals surface area contributed by atoms with E-state index in [1.165, 1.54) is 11.0 Å². The Kier molecular flexibility index (Phi) is 6.60. The van der Waals surface area contributed by atoms with Crippen molar-refractivity contribution in [3.63, 3.8) is 0 Å². The standard InChI is InChI=1S/C28H25N3O5/c32-25(15-18-5-2-1-3-6-18)29-20-10-8-19(9-11-20)26(33)30-21-12-13-23-24(16-21)28(35)31(27(23)34)17-22-7-4-14-36-22/h1-3,5-6,8-13,16,22H,4,7,14-15,17H2,(H,29,32)(H,30,33). The molecule has 0 bridgehead atoms. The van der Waals surface area contributed by atoms with Crippen molar-refractivity contribution < 1.29 is 23.9 Å². The van der Waals surface area contributed by atoms with Crippen LogP contribution in [0.3, 0.4) is 0 Å². The number of carbonyl (C=O) groups is 4. The molecule has 1 unspecified atom stereocenters. The zero-order chi connectivity index (χ0) is 25.1. The summed E-state index contributed by atoms with van der Waals surface area (Å²) in [6.07, 6.45) is 1.88. The first-order valence-electron chi connectivity index (χ1n) is 11.8. The van der Waals surface area contributed by atoms with E-state index < -0.39 is 0 Å². The summed E-state index contributed by atoms with van der Waals surface area (Å²) in [6, 6.07) is 20.7. The van der Waals surface area contributed by atoms with Crippen LogP contribution in [0.4, 0.5) is 11.4 Å². The summed E-state index contributed by atoms with van der Waals surface area (Å²) in [4.78, 5) is 51.8. The topological polar surface area (TPSA) is 105 Å². The quantitative estimate of drug-likeness (QED) is 0.496. The van der Waals surface area contributed by atoms with Crippen molar-refractivity contribution in [3.05, 3.63) is 95.1 Å². The van der Waals surface area contributed by atoms with E-state index in [0.717, 1.165) is 18.4 Å². The molecule has 2 aliphatic rings. The van der Waals surface area contributed by atoms with Crippen molar-refractivity contribution in [2.75, 3.05) is 23.8 Å². The van der Waals surface area contributed by atoms with E-state index in [-0.39, 0.29) is 48.3 Å². The molecule has 8 heteroatoms. The van der Waals surface area contributed by atoms with E-state index in [4.69, 9.17) is 4.74 Å². The van der Waals surface area contributed by atoms with E-state index in [2.05, 4.69) is 10.6 Å². The van der Waals surface area contributed by atoms with Crippen LogP contribution >= 0.6 is 0 Å². The minimum absolute atomic E-state index is 0.127. The lowest BCUT2D eigenvalue weighted by Gasteiger charge is -2.17. The molecule has 2 aliphatic heterocycles. The highest BCUT2D eigenvalue weighted by Crippen LogP contribution is 2.28. The Morgan fingerprint density at radius 3 is 2.31 bits per heavy atom. The molecule has 0 saturated carbocycles. The molecule has 0 aromatic heterocycles. The molecule has 1 fully saturated rings. The van der Waals surface area contributed by atoms with Crippen LogP contribution in [-0.2, 0) is 16.0 Å². The second-order valence-corrected chi connectivity index (χ2v) is 8.86. The van der Waals surface area contributed by atoms with Crippen LogP contribution in [0.25, 0.3) is 0 Å². The van der Waals surface area contributed by atoms with E-state index in [1.807, 2.05) is 30.3 Å². The number of rotatable bonds is 7. The Hall–Kier alpha value is -4.30. The fraction of sp³-hybridized carbons (Fsp3) is 0.214. The molecule has 36 heavy (non-hydrogen) atoms. The predicted octanol–water partition coefficient (Wildman–Crippen LogP) is 3.90. The third kappa shape index (κ3) is 5.04. The summed E-state index contributed by atoms with van der Waals surface area (Å²) in [6.45, 7) is 0.882. The molecule has 8 nitrogen and oxygen atoms in total. The Morgan fingerprint density at radius 1 is 0.861 bits per heavy atom. The minimum Gasteiger partial charge on any atom is -0.376 e. The SMILES string of the molecule is O=C(Cc1ccccc1)Nc1ccc(C(=O)Nc2ccc3c(c2)C(=O)N(CC2CCCO2)C3=O)cc1. The van der Waals surface area contributed by atoms with Gasteiger partial charge in [0.25, 0.3) is 17.7 Å². The Bertz CT molecular complexity index is 1310. The number of benzene rings is 3. The summed E-state index contributed by atoms with van der Waals surface area (Å²) >= 11 is 0. The maximum absolute atomic E-state index is 12.8. The number of nitrogens with one attached hydrogen (secondary N) is 2. The number of anilines is 2. The van der Waals surface area contributed by atoms with Gasteiger partial charge in [0.2, 0.25) is 5.91 Å². The van der Waals surface area contributed by atoms with Crippen LogP contribution in [0.1, 0.15) is 49.5 Å². The number of amides is 4. The molecule has 2 N–H and O–H groups in total. The van der Waals surface area contributed by atoms with Crippen molar-refractivity contribution in [2.45, 2.75) is 25.4 Å². The van der Waals surface area contributed by atoms with Gasteiger partial charge >= 0.3 is 0 Å². The average Bonchev–Trinajstić information content (AvgIpc) is 3.48. The van der Waals surface area contributed by atoms with Crippen LogP contribution < -0.4 is 10.6 Å². The second-order valence-electron chi connectivity index (χ2n) is 8.86. The smallest absolute Gasteiger partial charge is 0.261 e. The van der Waals surface area contributed by atoms with Crippen molar-refractivity contribution >= 4 is 35.0 Å². The van der Waals surface area contributed by atoms with Gasteiger partial charge in [0, 0.05) is 23.5 Å². The van der Waals surface area contributed by atoms with Gasteiger partial charge in [0.05, 0.1) is 30.2 Å². The zero-order valence-electron chi connectivity index (χ0n) is 19.5. The third-order valence-corrected chi connectivity index (χ3v) is 6.28. The second kappa shape index (κ2) is 10.1. The molecule has 1 atom stereocenters. The number of carbonyl (C=O) groups excluding carboxylic acids is 4. The summed E-state index contributed by atoms with van der Waals surface area (Å²) in [5.74, 6) is -1.24. The van der Waals surface area contributed by atoms with Crippen LogP contribution in [-0.4, -0.2) is 47.8 Å². The molecule has 3 aromatic carbocycles. The average molecular weight is 484 g/mol. The van der Waals surface area contributed by atoms with Gasteiger partial charge in [0.15, 0.2) is 0 Å². The van der Waals surface area contributed by atoms with Crippen molar-refractivity contribution in [1.29, 1.82) is 0 Å². The van der Waals surface area contributed by atoms with Gasteiger partial charge in [-0.1, -0.05) is 30.3 Å². The lowest BCUT2D eigenvalue weighted by atomic mass is 10.1. The molecular formula is C28H25N3O5. The number of fused-ring (bicyclic) bond motifs is 1. The highest BCUT2D eigenvalue weighted by molar-refractivity contribution is 6.22. The maximum atomic E-state index is 12.8. The first kappa shape index (κ1) is 23.4. The lowest BCUT2D eigenvalue weighted by molar-refractivity contribution is -0.115.